The average molecular weight is 1510 g/mol. The number of anilines is 6. The second kappa shape index (κ2) is 49.1. The smallest absolute Gasteiger partial charge is 0.261 e. The summed E-state index contributed by atoms with van der Waals surface area (Å²) in [6, 6.07) is 15.3. The van der Waals surface area contributed by atoms with Crippen molar-refractivity contribution in [3.63, 3.8) is 0 Å². The molecule has 18 heteroatoms. The van der Waals surface area contributed by atoms with Gasteiger partial charge in [0.1, 0.15) is 0 Å². The molecule has 0 fully saturated rings. The molecular weight excluding hydrogens is 1370 g/mol. The first-order valence-electron chi connectivity index (χ1n) is 45.0. The number of hydrogen-bond acceptors (Lipinski definition) is 16. The summed E-state index contributed by atoms with van der Waals surface area (Å²) in [5, 5.41) is 20.6. The number of nitrogens with one attached hydrogen (secondary N) is 4. The van der Waals surface area contributed by atoms with Crippen LogP contribution in [-0.2, 0) is 0 Å². The van der Waals surface area contributed by atoms with Crippen molar-refractivity contribution < 1.29 is 19.2 Å². The quantitative estimate of drug-likeness (QED) is 0.0121. The molecule has 18 nitrogen and oxygen atoms in total. The van der Waals surface area contributed by atoms with Gasteiger partial charge in [-0.2, -0.15) is 29.9 Å². The SMILES string of the molecule is CCCCCCCCCCCCNc1nc(NCCCN2C(=O)c3ccc4c5ccc6c7c(ccc(c8ccc(c3c48)C2=O)c75)C(=O)N(CCCNc2nc(NCCCCCCCCCCCC)nc(N(CCCCCCCC)CCCCCCCC)n2)C6=O)nc(N(CCCCCCCC)CCCCCCCC)n1. The molecule has 0 bridgehead atoms. The van der Waals surface area contributed by atoms with Gasteiger partial charge in [0.15, 0.2) is 0 Å². The van der Waals surface area contributed by atoms with Crippen molar-refractivity contribution in [2.24, 2.45) is 0 Å². The number of benzene rings is 5. The molecule has 7 aromatic rings. The van der Waals surface area contributed by atoms with E-state index in [0.29, 0.717) is 94.6 Å². The molecule has 110 heavy (non-hydrogen) atoms. The molecular formula is C92H142N14O4. The summed E-state index contributed by atoms with van der Waals surface area (Å²) in [5.74, 6) is 2.24. The van der Waals surface area contributed by atoms with Crippen molar-refractivity contribution >= 4 is 102 Å². The normalized spacial score (nSPS) is 12.9. The molecule has 0 aliphatic carbocycles. The van der Waals surface area contributed by atoms with E-state index in [2.05, 4.69) is 72.6 Å². The summed E-state index contributed by atoms with van der Waals surface area (Å²) in [5.41, 5.74) is 1.93. The van der Waals surface area contributed by atoms with Crippen LogP contribution in [0.2, 0.25) is 0 Å². The Morgan fingerprint density at radius 2 is 0.455 bits per heavy atom. The number of unbranched alkanes of at least 4 members (excludes halogenated alkanes) is 38. The first-order chi connectivity index (χ1) is 54.1. The molecule has 0 radical (unpaired) electrons. The Bertz CT molecular complexity index is 3480. The van der Waals surface area contributed by atoms with Crippen molar-refractivity contribution in [3.05, 3.63) is 70.8 Å². The Kier molecular flexibility index (Phi) is 38.6. The van der Waals surface area contributed by atoms with Gasteiger partial charge in [0.2, 0.25) is 35.7 Å². The highest BCUT2D eigenvalue weighted by Gasteiger charge is 2.37. The third kappa shape index (κ3) is 25.8. The maximum Gasteiger partial charge on any atom is 0.261 e. The van der Waals surface area contributed by atoms with Crippen LogP contribution in [0.15, 0.2) is 48.5 Å². The molecule has 4 heterocycles. The topological polar surface area (TPSA) is 207 Å². The summed E-state index contributed by atoms with van der Waals surface area (Å²) < 4.78 is 0. The van der Waals surface area contributed by atoms with Gasteiger partial charge >= 0.3 is 0 Å². The van der Waals surface area contributed by atoms with Crippen molar-refractivity contribution in [2.75, 3.05) is 96.5 Å². The predicted molar refractivity (Wildman–Crippen MR) is 463 cm³/mol. The number of fused-ring (bicyclic) bond motifs is 2. The van der Waals surface area contributed by atoms with Crippen molar-refractivity contribution in [1.29, 1.82) is 0 Å². The fourth-order valence-corrected chi connectivity index (χ4v) is 16.6. The van der Waals surface area contributed by atoms with E-state index in [9.17, 15) is 19.2 Å². The Labute approximate surface area is 662 Å². The molecule has 2 aliphatic heterocycles. The first kappa shape index (κ1) is 86.5. The Hall–Kier alpha value is -7.50. The molecule has 2 aliphatic rings. The largest absolute Gasteiger partial charge is 0.354 e. The maximum absolute atomic E-state index is 14.8. The van der Waals surface area contributed by atoms with Crippen LogP contribution in [0.5, 0.6) is 0 Å². The van der Waals surface area contributed by atoms with Crippen LogP contribution in [0.4, 0.5) is 35.7 Å². The molecule has 0 saturated heterocycles. The molecule has 0 atom stereocenters. The number of hydrogen-bond donors (Lipinski definition) is 4. The van der Waals surface area contributed by atoms with E-state index in [-0.39, 0.29) is 36.7 Å². The highest BCUT2D eigenvalue weighted by atomic mass is 16.2. The van der Waals surface area contributed by atoms with Gasteiger partial charge in [-0.25, -0.2) is 0 Å². The molecule has 4 N–H and O–H groups in total. The molecule has 4 amide bonds. The van der Waals surface area contributed by atoms with Gasteiger partial charge in [0, 0.05) is 98.5 Å². The zero-order valence-corrected chi connectivity index (χ0v) is 69.3. The summed E-state index contributed by atoms with van der Waals surface area (Å²) in [7, 11) is 0. The van der Waals surface area contributed by atoms with Gasteiger partial charge in [-0.1, -0.05) is 310 Å². The lowest BCUT2D eigenvalue weighted by Crippen LogP contribution is -2.41. The number of aromatic nitrogens is 6. The zero-order valence-electron chi connectivity index (χ0n) is 69.3. The van der Waals surface area contributed by atoms with Crippen molar-refractivity contribution in [1.82, 2.24) is 39.7 Å². The van der Waals surface area contributed by atoms with E-state index in [4.69, 9.17) is 29.9 Å². The summed E-state index contributed by atoms with van der Waals surface area (Å²) in [6.07, 6.45) is 55.6. The van der Waals surface area contributed by atoms with Gasteiger partial charge < -0.3 is 31.1 Å². The maximum atomic E-state index is 14.8. The van der Waals surface area contributed by atoms with Crippen molar-refractivity contribution in [2.45, 2.75) is 337 Å². The van der Waals surface area contributed by atoms with Crippen LogP contribution in [0.1, 0.15) is 378 Å². The van der Waals surface area contributed by atoms with E-state index < -0.39 is 0 Å². The number of carbonyl (C=O) groups excluding carboxylic acids is 4. The van der Waals surface area contributed by atoms with Crippen LogP contribution in [-0.4, -0.2) is 129 Å². The molecule has 0 saturated carbocycles. The number of rotatable bonds is 64. The Balaban J connectivity index is 0.860. The lowest BCUT2D eigenvalue weighted by Gasteiger charge is -2.30. The minimum Gasteiger partial charge on any atom is -0.354 e. The van der Waals surface area contributed by atoms with Crippen LogP contribution in [0, 0.1) is 0 Å². The lowest BCUT2D eigenvalue weighted by atomic mass is 9.82. The summed E-state index contributed by atoms with van der Waals surface area (Å²) in [6.45, 7) is 20.1. The molecule has 5 aromatic carbocycles. The highest BCUT2D eigenvalue weighted by molar-refractivity contribution is 6.41. The monoisotopic (exact) mass is 1510 g/mol. The minimum absolute atomic E-state index is 0.206. The third-order valence-corrected chi connectivity index (χ3v) is 23.1. The van der Waals surface area contributed by atoms with E-state index in [1.165, 1.54) is 254 Å². The van der Waals surface area contributed by atoms with E-state index in [0.717, 1.165) is 110 Å². The third-order valence-electron chi connectivity index (χ3n) is 23.1. The fourth-order valence-electron chi connectivity index (χ4n) is 16.6. The average Bonchev–Trinajstić information content (AvgIpc) is 0.691. The molecule has 0 spiro atoms. The lowest BCUT2D eigenvalue weighted by molar-refractivity contribution is 0.0594. The second-order valence-electron chi connectivity index (χ2n) is 32.1. The summed E-state index contributed by atoms with van der Waals surface area (Å²) in [4.78, 5) is 96.9. The van der Waals surface area contributed by atoms with Crippen LogP contribution >= 0.6 is 0 Å². The molecule has 604 valence electrons. The molecule has 9 rings (SSSR count). The highest BCUT2D eigenvalue weighted by Crippen LogP contribution is 2.46. The number of nitrogens with zero attached hydrogens (tertiary/aromatic N) is 10. The number of imide groups is 2. The van der Waals surface area contributed by atoms with Gasteiger partial charge in [0.05, 0.1) is 0 Å². The predicted octanol–water partition coefficient (Wildman–Crippen LogP) is 24.0. The zero-order chi connectivity index (χ0) is 77.3. The van der Waals surface area contributed by atoms with E-state index in [1.807, 2.05) is 48.5 Å². The van der Waals surface area contributed by atoms with Gasteiger partial charge in [0.25, 0.3) is 23.6 Å². The first-order valence-corrected chi connectivity index (χ1v) is 45.0. The van der Waals surface area contributed by atoms with Crippen LogP contribution < -0.4 is 31.1 Å². The second-order valence-corrected chi connectivity index (χ2v) is 32.1. The molecule has 2 aromatic heterocycles. The number of amides is 4. The Morgan fingerprint density at radius 1 is 0.245 bits per heavy atom. The van der Waals surface area contributed by atoms with Crippen LogP contribution in [0.25, 0.3) is 43.1 Å². The van der Waals surface area contributed by atoms with Crippen molar-refractivity contribution in [3.8, 4) is 0 Å². The van der Waals surface area contributed by atoms with E-state index >= 15 is 0 Å². The van der Waals surface area contributed by atoms with Gasteiger partial charge in [-0.15, -0.1) is 0 Å². The number of carbonyl (C=O) groups is 4. The van der Waals surface area contributed by atoms with Gasteiger partial charge in [-0.3, -0.25) is 29.0 Å². The Morgan fingerprint density at radius 3 is 0.691 bits per heavy atom. The molecule has 0 unspecified atom stereocenters. The van der Waals surface area contributed by atoms with E-state index in [1.54, 1.807) is 0 Å². The summed E-state index contributed by atoms with van der Waals surface area (Å²) >= 11 is 0. The fraction of sp³-hybridized carbons (Fsp3) is 0.674. The standard InChI is InChI=1S/C92H142N14O4/c1-7-13-19-25-31-33-35-37-39-45-61-93-87-97-89(101-91(99-87)103(65-47-41-27-21-15-9-3)66-48-42-28-22-16-10-4)95-63-51-69-105-83(107)75-57-53-71-73-55-59-77-82-78(60-56-74(80(73)82)72-54-58-76(84(105)108)81(75)79(71)72)86(110)106(85(77)109)70-52-64-96-90-98-88(94-62-46-40-38-36-34-32-26-20-14-8-2)100-92(102-90)104(67-49-43-29-23-17-11-5)68-50-44-30-24-18-12-6/h53-60H,7-52,61-70H2,1-6H3,(H2,93,95,97,99,101)(H2,94,96,98,100,102). The van der Waals surface area contributed by atoms with Crippen LogP contribution in [0.3, 0.4) is 0 Å². The minimum atomic E-state index is -0.325. The van der Waals surface area contributed by atoms with Gasteiger partial charge in [-0.05, 0) is 108 Å².